The van der Waals surface area contributed by atoms with Crippen molar-refractivity contribution < 1.29 is 5.21 Å². The molecule has 74 valence electrons. The van der Waals surface area contributed by atoms with Gasteiger partial charge in [0.25, 0.3) is 0 Å². The van der Waals surface area contributed by atoms with E-state index in [0.717, 1.165) is 5.92 Å². The standard InChI is InChI=1S/C9H19N.H3NO/c1-8-6-5-7-10(4)9(8,2)3;1-2/h8H,5-7H2,1-4H3;2H,1H2. The molecule has 0 saturated carbocycles. The van der Waals surface area contributed by atoms with Gasteiger partial charge in [0.05, 0.1) is 0 Å². The summed E-state index contributed by atoms with van der Waals surface area (Å²) in [5, 5.41) is 6.50. The topological polar surface area (TPSA) is 49.5 Å². The zero-order valence-corrected chi connectivity index (χ0v) is 8.67. The molecule has 0 aromatic carbocycles. The summed E-state index contributed by atoms with van der Waals surface area (Å²) in [6.45, 7) is 8.32. The summed E-state index contributed by atoms with van der Waals surface area (Å²) in [5.74, 6) is 4.35. The molecule has 1 aliphatic heterocycles. The second kappa shape index (κ2) is 4.80. The highest BCUT2D eigenvalue weighted by molar-refractivity contribution is 4.88. The molecule has 3 N–H and O–H groups in total. The summed E-state index contributed by atoms with van der Waals surface area (Å²) in [6.07, 6.45) is 2.78. The van der Waals surface area contributed by atoms with Crippen LogP contribution in [0.1, 0.15) is 33.6 Å². The van der Waals surface area contributed by atoms with Crippen molar-refractivity contribution in [2.24, 2.45) is 11.8 Å². The van der Waals surface area contributed by atoms with Gasteiger partial charge in [0.2, 0.25) is 0 Å². The Bertz CT molecular complexity index is 114. The predicted molar refractivity (Wildman–Crippen MR) is 51.1 cm³/mol. The van der Waals surface area contributed by atoms with E-state index in [4.69, 9.17) is 5.21 Å². The maximum Gasteiger partial charge on any atom is 0.0175 e. The normalized spacial score (nSPS) is 29.0. The molecule has 0 aliphatic carbocycles. The predicted octanol–water partition coefficient (Wildman–Crippen LogP) is 1.46. The van der Waals surface area contributed by atoms with Crippen LogP contribution < -0.4 is 5.90 Å². The average molecular weight is 174 g/mol. The lowest BCUT2D eigenvalue weighted by Gasteiger charge is -2.44. The van der Waals surface area contributed by atoms with E-state index in [-0.39, 0.29) is 0 Å². The summed E-state index contributed by atoms with van der Waals surface area (Å²) in [6, 6.07) is 0. The van der Waals surface area contributed by atoms with Crippen LogP contribution in [0, 0.1) is 5.92 Å². The van der Waals surface area contributed by atoms with Crippen molar-refractivity contribution in [3.8, 4) is 0 Å². The third kappa shape index (κ3) is 2.44. The fourth-order valence-electron chi connectivity index (χ4n) is 1.65. The summed E-state index contributed by atoms with van der Waals surface area (Å²) in [7, 11) is 2.23. The van der Waals surface area contributed by atoms with E-state index in [1.165, 1.54) is 19.4 Å². The third-order valence-corrected chi connectivity index (χ3v) is 3.32. The molecule has 3 nitrogen and oxygen atoms in total. The maximum atomic E-state index is 6.50. The lowest BCUT2D eigenvalue weighted by Crippen LogP contribution is -2.49. The van der Waals surface area contributed by atoms with E-state index in [9.17, 15) is 0 Å². The fourth-order valence-corrected chi connectivity index (χ4v) is 1.65. The van der Waals surface area contributed by atoms with Crippen LogP contribution in [0.25, 0.3) is 0 Å². The number of piperidine rings is 1. The molecule has 1 fully saturated rings. The van der Waals surface area contributed by atoms with Crippen LogP contribution in [0.3, 0.4) is 0 Å². The Kier molecular flexibility index (Phi) is 4.75. The molecular weight excluding hydrogens is 152 g/mol. The zero-order valence-electron chi connectivity index (χ0n) is 8.67. The Labute approximate surface area is 75.5 Å². The molecule has 3 heteroatoms. The van der Waals surface area contributed by atoms with Gasteiger partial charge in [-0.25, -0.2) is 5.90 Å². The lowest BCUT2D eigenvalue weighted by atomic mass is 9.81. The highest BCUT2D eigenvalue weighted by Crippen LogP contribution is 2.30. The third-order valence-electron chi connectivity index (χ3n) is 3.32. The molecule has 0 aromatic rings. The van der Waals surface area contributed by atoms with Gasteiger partial charge in [-0.2, -0.15) is 0 Å². The summed E-state index contributed by atoms with van der Waals surface area (Å²) >= 11 is 0. The molecule has 0 spiro atoms. The molecule has 0 amide bonds. The molecule has 1 unspecified atom stereocenters. The van der Waals surface area contributed by atoms with Crippen LogP contribution in [0.5, 0.6) is 0 Å². The van der Waals surface area contributed by atoms with Crippen molar-refractivity contribution in [2.45, 2.75) is 39.2 Å². The van der Waals surface area contributed by atoms with Gasteiger partial charge in [0.1, 0.15) is 0 Å². The number of nitrogens with two attached hydrogens (primary N) is 1. The van der Waals surface area contributed by atoms with Gasteiger partial charge in [-0.1, -0.05) is 6.92 Å². The van der Waals surface area contributed by atoms with Crippen molar-refractivity contribution in [3.63, 3.8) is 0 Å². The largest absolute Gasteiger partial charge is 0.320 e. The lowest BCUT2D eigenvalue weighted by molar-refractivity contribution is 0.0547. The van der Waals surface area contributed by atoms with Crippen molar-refractivity contribution in [3.05, 3.63) is 0 Å². The smallest absolute Gasteiger partial charge is 0.0175 e. The van der Waals surface area contributed by atoms with Crippen molar-refractivity contribution in [2.75, 3.05) is 13.6 Å². The molecule has 1 saturated heterocycles. The van der Waals surface area contributed by atoms with Crippen LogP contribution in [-0.4, -0.2) is 29.2 Å². The summed E-state index contributed by atoms with van der Waals surface area (Å²) in [5.41, 5.74) is 0.429. The Morgan fingerprint density at radius 3 is 2.25 bits per heavy atom. The fraction of sp³-hybridized carbons (Fsp3) is 1.00. The first-order chi connectivity index (χ1) is 5.55. The van der Waals surface area contributed by atoms with Gasteiger partial charge < -0.3 is 10.1 Å². The Morgan fingerprint density at radius 2 is 1.92 bits per heavy atom. The van der Waals surface area contributed by atoms with Crippen LogP contribution in [0.2, 0.25) is 0 Å². The van der Waals surface area contributed by atoms with Gasteiger partial charge in [0.15, 0.2) is 0 Å². The Morgan fingerprint density at radius 1 is 1.42 bits per heavy atom. The second-order valence-corrected chi connectivity index (χ2v) is 4.12. The van der Waals surface area contributed by atoms with E-state index >= 15 is 0 Å². The first-order valence-electron chi connectivity index (χ1n) is 4.52. The van der Waals surface area contributed by atoms with E-state index in [2.05, 4.69) is 38.6 Å². The molecule has 1 aliphatic rings. The van der Waals surface area contributed by atoms with Gasteiger partial charge >= 0.3 is 0 Å². The molecule has 1 heterocycles. The Hall–Kier alpha value is -0.120. The van der Waals surface area contributed by atoms with Gasteiger partial charge in [-0.15, -0.1) is 0 Å². The molecule has 0 bridgehead atoms. The molecule has 1 atom stereocenters. The monoisotopic (exact) mass is 174 g/mol. The summed E-state index contributed by atoms with van der Waals surface area (Å²) in [4.78, 5) is 2.47. The van der Waals surface area contributed by atoms with Crippen molar-refractivity contribution in [1.29, 1.82) is 0 Å². The van der Waals surface area contributed by atoms with Gasteiger partial charge in [-0.05, 0) is 46.2 Å². The number of rotatable bonds is 0. The minimum Gasteiger partial charge on any atom is -0.320 e. The van der Waals surface area contributed by atoms with Crippen LogP contribution >= 0.6 is 0 Å². The second-order valence-electron chi connectivity index (χ2n) is 4.12. The number of nitrogens with zero attached hydrogens (tertiary/aromatic N) is 1. The van der Waals surface area contributed by atoms with Crippen molar-refractivity contribution in [1.82, 2.24) is 4.90 Å². The number of hydrogen-bond acceptors (Lipinski definition) is 3. The van der Waals surface area contributed by atoms with E-state index in [1.54, 1.807) is 0 Å². The van der Waals surface area contributed by atoms with Crippen LogP contribution in [0.4, 0.5) is 0 Å². The van der Waals surface area contributed by atoms with E-state index in [1.807, 2.05) is 0 Å². The number of likely N-dealkylation sites (tertiary alicyclic amines) is 1. The van der Waals surface area contributed by atoms with Crippen LogP contribution in [-0.2, 0) is 0 Å². The first kappa shape index (κ1) is 11.9. The zero-order chi connectivity index (χ0) is 9.78. The quantitative estimate of drug-likeness (QED) is 0.547. The SMILES string of the molecule is CC1CCCN(C)C1(C)C.NO. The molecule has 0 radical (unpaired) electrons. The maximum absolute atomic E-state index is 6.50. The van der Waals surface area contributed by atoms with Gasteiger partial charge in [-0.3, -0.25) is 0 Å². The van der Waals surface area contributed by atoms with Crippen molar-refractivity contribution >= 4 is 0 Å². The molecule has 1 rings (SSSR count). The molecule has 12 heavy (non-hydrogen) atoms. The van der Waals surface area contributed by atoms with Gasteiger partial charge in [0, 0.05) is 5.54 Å². The highest BCUT2D eigenvalue weighted by atomic mass is 16.4. The average Bonchev–Trinajstić information content (AvgIpc) is 2.05. The molecule has 0 aromatic heterocycles. The van der Waals surface area contributed by atoms with Crippen LogP contribution in [0.15, 0.2) is 0 Å². The first-order valence-corrected chi connectivity index (χ1v) is 4.52. The minimum atomic E-state index is 0.429. The summed E-state index contributed by atoms with van der Waals surface area (Å²) < 4.78 is 0. The highest BCUT2D eigenvalue weighted by Gasteiger charge is 2.32. The van der Waals surface area contributed by atoms with E-state index in [0.29, 0.717) is 5.54 Å². The number of hydrogen-bond donors (Lipinski definition) is 2. The minimum absolute atomic E-state index is 0.429. The Balaban J connectivity index is 0.000000561. The molecular formula is C9H22N2O. The van der Waals surface area contributed by atoms with E-state index < -0.39 is 0 Å².